The summed E-state index contributed by atoms with van der Waals surface area (Å²) in [5, 5.41) is 9.01. The quantitative estimate of drug-likeness (QED) is 0.596. The van der Waals surface area contributed by atoms with Crippen molar-refractivity contribution in [3.05, 3.63) is 12.2 Å². The Kier molecular flexibility index (Phi) is 4.74. The van der Waals surface area contributed by atoms with Gasteiger partial charge in [0.05, 0.1) is 0 Å². The maximum absolute atomic E-state index is 10.9. The lowest BCUT2D eigenvalue weighted by Gasteiger charge is -2.37. The van der Waals surface area contributed by atoms with E-state index in [2.05, 4.69) is 20.8 Å². The molecule has 0 fully saturated rings. The minimum atomic E-state index is -2.00. The first-order valence-corrected chi connectivity index (χ1v) is 8.06. The Bertz CT molecular complexity index is 251. The second-order valence-corrected chi connectivity index (χ2v) is 9.92. The van der Waals surface area contributed by atoms with Crippen LogP contribution in [0.25, 0.3) is 0 Å². The Morgan fingerprint density at radius 3 is 2.13 bits per heavy atom. The van der Waals surface area contributed by atoms with Gasteiger partial charge < -0.3 is 9.53 Å². The van der Waals surface area contributed by atoms with Crippen LogP contribution < -0.4 is 0 Å². The Morgan fingerprint density at radius 1 is 1.40 bits per heavy atom. The predicted molar refractivity (Wildman–Crippen MR) is 64.5 cm³/mol. The van der Waals surface area contributed by atoms with E-state index in [1.165, 1.54) is 0 Å². The fraction of sp³-hybridized carbons (Fsp3) is 0.727. The zero-order valence-electron chi connectivity index (χ0n) is 10.5. The summed E-state index contributed by atoms with van der Waals surface area (Å²) in [4.78, 5) is 10.9. The third-order valence-corrected chi connectivity index (χ3v) is 7.29. The van der Waals surface area contributed by atoms with Crippen LogP contribution in [0.2, 0.25) is 18.1 Å². The SMILES string of the molecule is CC=CC(O[Si](C)(C)C(C)(C)C)C(=O)O. The molecule has 3 nitrogen and oxygen atoms in total. The predicted octanol–water partition coefficient (Wildman–Crippen LogP) is 3.04. The summed E-state index contributed by atoms with van der Waals surface area (Å²) in [7, 11) is -2.00. The molecule has 0 aromatic heterocycles. The lowest BCUT2D eigenvalue weighted by atomic mass is 10.2. The molecule has 88 valence electrons. The largest absolute Gasteiger partial charge is 0.479 e. The minimum Gasteiger partial charge on any atom is -0.479 e. The van der Waals surface area contributed by atoms with Crippen molar-refractivity contribution in [2.75, 3.05) is 0 Å². The molecule has 0 aliphatic carbocycles. The van der Waals surface area contributed by atoms with Gasteiger partial charge in [-0.2, -0.15) is 0 Å². The van der Waals surface area contributed by atoms with Gasteiger partial charge in [-0.05, 0) is 25.1 Å². The van der Waals surface area contributed by atoms with Crippen molar-refractivity contribution in [1.29, 1.82) is 0 Å². The molecule has 0 radical (unpaired) electrons. The fourth-order valence-corrected chi connectivity index (χ4v) is 2.01. The highest BCUT2D eigenvalue weighted by molar-refractivity contribution is 6.74. The molecule has 0 aliphatic rings. The molecular formula is C11H22O3Si. The van der Waals surface area contributed by atoms with Crippen LogP contribution in [0.4, 0.5) is 0 Å². The van der Waals surface area contributed by atoms with Gasteiger partial charge in [0.15, 0.2) is 14.4 Å². The molecule has 0 aromatic rings. The summed E-state index contributed by atoms with van der Waals surface area (Å²) < 4.78 is 5.76. The topological polar surface area (TPSA) is 46.5 Å². The van der Waals surface area contributed by atoms with E-state index in [0.29, 0.717) is 0 Å². The molecule has 15 heavy (non-hydrogen) atoms. The van der Waals surface area contributed by atoms with Crippen molar-refractivity contribution < 1.29 is 14.3 Å². The van der Waals surface area contributed by atoms with E-state index in [9.17, 15) is 4.79 Å². The van der Waals surface area contributed by atoms with Gasteiger partial charge in [0.1, 0.15) is 0 Å². The lowest BCUT2D eigenvalue weighted by molar-refractivity contribution is -0.143. The zero-order chi connectivity index (χ0) is 12.3. The number of hydrogen-bond acceptors (Lipinski definition) is 2. The van der Waals surface area contributed by atoms with Crippen molar-refractivity contribution in [2.45, 2.75) is 51.9 Å². The van der Waals surface area contributed by atoms with Crippen LogP contribution in [-0.4, -0.2) is 25.5 Å². The number of carboxylic acids is 1. The number of carbonyl (C=O) groups is 1. The first-order valence-electron chi connectivity index (χ1n) is 5.15. The number of hydrogen-bond donors (Lipinski definition) is 1. The maximum Gasteiger partial charge on any atom is 0.335 e. The third kappa shape index (κ3) is 4.18. The molecule has 0 bridgehead atoms. The molecule has 0 heterocycles. The van der Waals surface area contributed by atoms with E-state index in [4.69, 9.17) is 9.53 Å². The molecule has 4 heteroatoms. The lowest BCUT2D eigenvalue weighted by Crippen LogP contribution is -2.45. The van der Waals surface area contributed by atoms with Gasteiger partial charge in [-0.1, -0.05) is 32.9 Å². The molecule has 1 unspecified atom stereocenters. The van der Waals surface area contributed by atoms with Crippen molar-refractivity contribution in [3.63, 3.8) is 0 Å². The number of rotatable bonds is 4. The summed E-state index contributed by atoms with van der Waals surface area (Å²) in [6, 6.07) is 0. The Hall–Kier alpha value is -0.613. The number of allylic oxidation sites excluding steroid dienone is 1. The molecule has 0 saturated heterocycles. The first-order chi connectivity index (χ1) is 6.62. The van der Waals surface area contributed by atoms with Crippen LogP contribution in [0.5, 0.6) is 0 Å². The van der Waals surface area contributed by atoms with Crippen LogP contribution in [0, 0.1) is 0 Å². The van der Waals surface area contributed by atoms with Crippen molar-refractivity contribution in [1.82, 2.24) is 0 Å². The molecule has 0 amide bonds. The summed E-state index contributed by atoms with van der Waals surface area (Å²) in [6.07, 6.45) is 2.49. The van der Waals surface area contributed by atoms with Crippen molar-refractivity contribution >= 4 is 14.3 Å². The normalized spacial score (nSPS) is 15.6. The monoisotopic (exact) mass is 230 g/mol. The van der Waals surface area contributed by atoms with Crippen LogP contribution in [0.3, 0.4) is 0 Å². The zero-order valence-corrected chi connectivity index (χ0v) is 11.5. The fourth-order valence-electron chi connectivity index (χ4n) is 0.841. The molecule has 1 atom stereocenters. The van der Waals surface area contributed by atoms with Gasteiger partial charge in [0.25, 0.3) is 0 Å². The number of aliphatic carboxylic acids is 1. The smallest absolute Gasteiger partial charge is 0.335 e. The van der Waals surface area contributed by atoms with Gasteiger partial charge in [0, 0.05) is 0 Å². The van der Waals surface area contributed by atoms with Gasteiger partial charge in [-0.3, -0.25) is 0 Å². The van der Waals surface area contributed by atoms with Gasteiger partial charge in [-0.15, -0.1) is 0 Å². The van der Waals surface area contributed by atoms with E-state index < -0.39 is 20.4 Å². The van der Waals surface area contributed by atoms with Gasteiger partial charge >= 0.3 is 5.97 Å². The average Bonchev–Trinajstić information content (AvgIpc) is 2.00. The van der Waals surface area contributed by atoms with E-state index in [1.54, 1.807) is 19.1 Å². The van der Waals surface area contributed by atoms with Crippen molar-refractivity contribution in [3.8, 4) is 0 Å². The molecule has 0 spiro atoms. The van der Waals surface area contributed by atoms with Crippen molar-refractivity contribution in [2.24, 2.45) is 0 Å². The second-order valence-electron chi connectivity index (χ2n) is 5.16. The van der Waals surface area contributed by atoms with Gasteiger partial charge in [0.2, 0.25) is 0 Å². The molecular weight excluding hydrogens is 208 g/mol. The first kappa shape index (κ1) is 14.4. The Morgan fingerprint density at radius 2 is 1.87 bits per heavy atom. The van der Waals surface area contributed by atoms with Crippen LogP contribution in [0.1, 0.15) is 27.7 Å². The van der Waals surface area contributed by atoms with Gasteiger partial charge in [-0.25, -0.2) is 4.79 Å². The third-order valence-electron chi connectivity index (χ3n) is 2.84. The molecule has 0 rings (SSSR count). The summed E-state index contributed by atoms with van der Waals surface area (Å²) in [5.74, 6) is -0.919. The summed E-state index contributed by atoms with van der Waals surface area (Å²) in [5.41, 5.74) is 0. The minimum absolute atomic E-state index is 0.0300. The molecule has 0 saturated carbocycles. The summed E-state index contributed by atoms with van der Waals surface area (Å²) in [6.45, 7) is 12.2. The molecule has 1 N–H and O–H groups in total. The van der Waals surface area contributed by atoms with Crippen LogP contribution >= 0.6 is 0 Å². The maximum atomic E-state index is 10.9. The Balaban J connectivity index is 4.75. The molecule has 0 aliphatic heterocycles. The van der Waals surface area contributed by atoms with E-state index in [-0.39, 0.29) is 5.04 Å². The molecule has 0 aromatic carbocycles. The number of carboxylic acid groups (broad SMARTS) is 1. The van der Waals surface area contributed by atoms with E-state index in [0.717, 1.165) is 0 Å². The highest BCUT2D eigenvalue weighted by atomic mass is 28.4. The van der Waals surface area contributed by atoms with E-state index in [1.807, 2.05) is 13.1 Å². The standard InChI is InChI=1S/C11H22O3Si/c1-7-8-9(10(12)13)14-15(5,6)11(2,3)4/h7-9H,1-6H3,(H,12,13). The highest BCUT2D eigenvalue weighted by Crippen LogP contribution is 2.37. The summed E-state index contributed by atoms with van der Waals surface area (Å²) >= 11 is 0. The average molecular weight is 230 g/mol. The van der Waals surface area contributed by atoms with Crippen LogP contribution in [0.15, 0.2) is 12.2 Å². The van der Waals surface area contributed by atoms with Crippen LogP contribution in [-0.2, 0) is 9.22 Å². The van der Waals surface area contributed by atoms with E-state index >= 15 is 0 Å². The highest BCUT2D eigenvalue weighted by Gasteiger charge is 2.40. The Labute approximate surface area is 93.3 Å². The second kappa shape index (κ2) is 4.94.